The van der Waals surface area contributed by atoms with E-state index < -0.39 is 0 Å². The fraction of sp³-hybridized carbons (Fsp3) is 0. The molecule has 30 heavy (non-hydrogen) atoms. The molecule has 0 aromatic heterocycles. The molecule has 3 aromatic carbocycles. The summed E-state index contributed by atoms with van der Waals surface area (Å²) in [4.78, 5) is 23.8. The molecule has 0 aliphatic rings. The predicted molar refractivity (Wildman–Crippen MR) is 113 cm³/mol. The molecule has 2 amide bonds. The number of hydrogen-bond acceptors (Lipinski definition) is 6. The summed E-state index contributed by atoms with van der Waals surface area (Å²) in [6.07, 6.45) is 2.98. The quantitative estimate of drug-likeness (QED) is 0.374. The van der Waals surface area contributed by atoms with E-state index in [4.69, 9.17) is 0 Å². The van der Waals surface area contributed by atoms with Crippen LogP contribution in [0.5, 0.6) is 11.5 Å². The second-order valence-electron chi connectivity index (χ2n) is 6.16. The van der Waals surface area contributed by atoms with Crippen molar-refractivity contribution in [2.75, 3.05) is 0 Å². The summed E-state index contributed by atoms with van der Waals surface area (Å²) in [6.45, 7) is 0. The summed E-state index contributed by atoms with van der Waals surface area (Å²) < 4.78 is 0. The molecule has 0 heterocycles. The lowest BCUT2D eigenvalue weighted by atomic mass is 10.2. The maximum atomic E-state index is 11.9. The number of phenolic OH excluding ortho intramolecular Hbond substituents is 2. The molecule has 0 aliphatic carbocycles. The number of carbonyl (C=O) groups is 2. The SMILES string of the molecule is O=C(N/N=C/c1ccc(/C=N/NC(=O)c2ccc(O)cc2)cc1)c1ccc(O)cc1. The number of benzene rings is 3. The van der Waals surface area contributed by atoms with E-state index in [1.807, 2.05) is 0 Å². The van der Waals surface area contributed by atoms with Crippen LogP contribution in [0.4, 0.5) is 0 Å². The minimum atomic E-state index is -0.389. The van der Waals surface area contributed by atoms with Crippen LogP contribution in [0.3, 0.4) is 0 Å². The lowest BCUT2D eigenvalue weighted by molar-refractivity contribution is 0.0947. The summed E-state index contributed by atoms with van der Waals surface area (Å²) >= 11 is 0. The number of aromatic hydroxyl groups is 2. The standard InChI is InChI=1S/C22H18N4O4/c27-19-9-5-17(6-10-19)21(29)25-23-13-15-1-2-16(4-3-15)14-24-26-22(30)18-7-11-20(28)12-8-18/h1-14,27-28H,(H,25,29)(H,26,30)/b23-13+,24-14+. The minimum Gasteiger partial charge on any atom is -0.508 e. The number of hydrogen-bond donors (Lipinski definition) is 4. The molecule has 0 saturated heterocycles. The van der Waals surface area contributed by atoms with E-state index in [0.717, 1.165) is 11.1 Å². The van der Waals surface area contributed by atoms with Gasteiger partial charge < -0.3 is 10.2 Å². The molecule has 0 aliphatic heterocycles. The highest BCUT2D eigenvalue weighted by atomic mass is 16.3. The second kappa shape index (κ2) is 9.65. The molecule has 0 bridgehead atoms. The maximum absolute atomic E-state index is 11.9. The van der Waals surface area contributed by atoms with E-state index in [2.05, 4.69) is 21.1 Å². The van der Waals surface area contributed by atoms with Crippen molar-refractivity contribution in [1.29, 1.82) is 0 Å². The fourth-order valence-corrected chi connectivity index (χ4v) is 2.35. The van der Waals surface area contributed by atoms with Crippen molar-refractivity contribution in [2.45, 2.75) is 0 Å². The van der Waals surface area contributed by atoms with E-state index in [9.17, 15) is 19.8 Å². The summed E-state index contributed by atoms with van der Waals surface area (Å²) in [7, 11) is 0. The summed E-state index contributed by atoms with van der Waals surface area (Å²) in [5.41, 5.74) is 7.09. The van der Waals surface area contributed by atoms with Gasteiger partial charge in [0.2, 0.25) is 0 Å². The Hall–Kier alpha value is -4.46. The van der Waals surface area contributed by atoms with Gasteiger partial charge in [0.15, 0.2) is 0 Å². The first kappa shape index (κ1) is 20.3. The first-order valence-electron chi connectivity index (χ1n) is 8.86. The van der Waals surface area contributed by atoms with Gasteiger partial charge in [-0.1, -0.05) is 24.3 Å². The van der Waals surface area contributed by atoms with Gasteiger partial charge >= 0.3 is 0 Å². The highest BCUT2D eigenvalue weighted by molar-refractivity contribution is 5.95. The third-order valence-electron chi connectivity index (χ3n) is 3.95. The number of hydrazone groups is 2. The van der Waals surface area contributed by atoms with Crippen LogP contribution < -0.4 is 10.9 Å². The average Bonchev–Trinajstić information content (AvgIpc) is 2.75. The molecule has 8 heteroatoms. The van der Waals surface area contributed by atoms with Gasteiger partial charge in [0, 0.05) is 11.1 Å². The van der Waals surface area contributed by atoms with Crippen LogP contribution in [0.25, 0.3) is 0 Å². The van der Waals surface area contributed by atoms with Crippen LogP contribution in [0.1, 0.15) is 31.8 Å². The van der Waals surface area contributed by atoms with Crippen molar-refractivity contribution >= 4 is 24.2 Å². The van der Waals surface area contributed by atoms with Gasteiger partial charge in [-0.05, 0) is 59.7 Å². The van der Waals surface area contributed by atoms with Gasteiger partial charge in [-0.25, -0.2) is 10.9 Å². The molecule has 0 radical (unpaired) electrons. The number of carbonyl (C=O) groups excluding carboxylic acids is 2. The molecule has 0 saturated carbocycles. The Labute approximate surface area is 172 Å². The van der Waals surface area contributed by atoms with Crippen LogP contribution >= 0.6 is 0 Å². The lowest BCUT2D eigenvalue weighted by Gasteiger charge is -2.01. The first-order valence-corrected chi connectivity index (χ1v) is 8.86. The predicted octanol–water partition coefficient (Wildman–Crippen LogP) is 2.63. The zero-order valence-corrected chi connectivity index (χ0v) is 15.7. The number of amides is 2. The topological polar surface area (TPSA) is 123 Å². The number of nitrogens with one attached hydrogen (secondary N) is 2. The molecule has 0 atom stereocenters. The van der Waals surface area contributed by atoms with Gasteiger partial charge in [-0.3, -0.25) is 9.59 Å². The van der Waals surface area contributed by atoms with Crippen LogP contribution in [0.2, 0.25) is 0 Å². The number of rotatable bonds is 6. The summed E-state index contributed by atoms with van der Waals surface area (Å²) in [6, 6.07) is 18.8. The van der Waals surface area contributed by atoms with Gasteiger partial charge in [0.05, 0.1) is 12.4 Å². The number of nitrogens with zero attached hydrogens (tertiary/aromatic N) is 2. The highest BCUT2D eigenvalue weighted by Gasteiger charge is 2.04. The third-order valence-corrected chi connectivity index (χ3v) is 3.95. The Morgan fingerprint density at radius 2 is 0.933 bits per heavy atom. The zero-order chi connectivity index (χ0) is 21.3. The minimum absolute atomic E-state index is 0.0820. The molecular formula is C22H18N4O4. The van der Waals surface area contributed by atoms with E-state index in [-0.39, 0.29) is 23.3 Å². The Kier molecular flexibility index (Phi) is 6.52. The van der Waals surface area contributed by atoms with E-state index in [1.54, 1.807) is 24.3 Å². The van der Waals surface area contributed by atoms with Crippen molar-refractivity contribution in [3.8, 4) is 11.5 Å². The van der Waals surface area contributed by atoms with Crippen LogP contribution in [0, 0.1) is 0 Å². The van der Waals surface area contributed by atoms with E-state index >= 15 is 0 Å². The van der Waals surface area contributed by atoms with Crippen molar-refractivity contribution in [3.63, 3.8) is 0 Å². The molecule has 8 nitrogen and oxygen atoms in total. The highest BCUT2D eigenvalue weighted by Crippen LogP contribution is 2.10. The zero-order valence-electron chi connectivity index (χ0n) is 15.7. The van der Waals surface area contributed by atoms with Crippen molar-refractivity contribution in [1.82, 2.24) is 10.9 Å². The normalized spacial score (nSPS) is 10.9. The number of phenols is 2. The largest absolute Gasteiger partial charge is 0.508 e. The van der Waals surface area contributed by atoms with Crippen molar-refractivity contribution in [3.05, 3.63) is 95.1 Å². The maximum Gasteiger partial charge on any atom is 0.271 e. The second-order valence-corrected chi connectivity index (χ2v) is 6.16. The molecule has 3 rings (SSSR count). The van der Waals surface area contributed by atoms with Gasteiger partial charge in [0.1, 0.15) is 11.5 Å². The summed E-state index contributed by atoms with van der Waals surface area (Å²) in [5, 5.41) is 26.3. The molecule has 0 fully saturated rings. The van der Waals surface area contributed by atoms with Crippen molar-refractivity contribution < 1.29 is 19.8 Å². The Balaban J connectivity index is 1.50. The smallest absolute Gasteiger partial charge is 0.271 e. The van der Waals surface area contributed by atoms with Crippen LogP contribution in [-0.4, -0.2) is 34.5 Å². The molecule has 0 spiro atoms. The van der Waals surface area contributed by atoms with Crippen molar-refractivity contribution in [2.24, 2.45) is 10.2 Å². The summed E-state index contributed by atoms with van der Waals surface area (Å²) in [5.74, 6) is -0.615. The van der Waals surface area contributed by atoms with Gasteiger partial charge in [0.25, 0.3) is 11.8 Å². The van der Waals surface area contributed by atoms with Crippen LogP contribution in [0.15, 0.2) is 83.0 Å². The monoisotopic (exact) mass is 402 g/mol. The molecule has 150 valence electrons. The Morgan fingerprint density at radius 3 is 1.27 bits per heavy atom. The first-order chi connectivity index (χ1) is 14.5. The molecule has 3 aromatic rings. The van der Waals surface area contributed by atoms with E-state index in [1.165, 1.54) is 61.0 Å². The van der Waals surface area contributed by atoms with Gasteiger partial charge in [-0.15, -0.1) is 0 Å². The third kappa shape index (κ3) is 5.77. The lowest BCUT2D eigenvalue weighted by Crippen LogP contribution is -2.17. The Morgan fingerprint density at radius 1 is 0.600 bits per heavy atom. The molecule has 0 unspecified atom stereocenters. The van der Waals surface area contributed by atoms with E-state index in [0.29, 0.717) is 11.1 Å². The molecule has 4 N–H and O–H groups in total. The van der Waals surface area contributed by atoms with Gasteiger partial charge in [-0.2, -0.15) is 10.2 Å². The fourth-order valence-electron chi connectivity index (χ4n) is 2.35. The Bertz CT molecular complexity index is 985. The average molecular weight is 402 g/mol. The van der Waals surface area contributed by atoms with Crippen LogP contribution in [-0.2, 0) is 0 Å². The molecular weight excluding hydrogens is 384 g/mol.